The number of ether oxygens (including phenoxy) is 1. The summed E-state index contributed by atoms with van der Waals surface area (Å²) < 4.78 is 23.5. The standard InChI is InChI=1S/C27H32FIN2O4Si/c1-16-25(36(3,4)28)23(35-27(16)21-12-19(29)9-10-22(21)30(2)26(27)34)13-24(33)31-14-18-8-6-5-7-17(18)11-20(31)15-32/h5-10,12,16,20,23,25,32H,11,13-15H2,1-4H3/t16-,20+,23+,25-,27+/m1/s1. The summed E-state index contributed by atoms with van der Waals surface area (Å²) in [6.45, 7) is 5.43. The van der Waals surface area contributed by atoms with Gasteiger partial charge < -0.3 is 23.8 Å². The monoisotopic (exact) mass is 622 g/mol. The maximum Gasteiger partial charge on any atom is 0.264 e. The maximum absolute atomic E-state index is 15.9. The molecule has 5 atom stereocenters. The Balaban J connectivity index is 1.49. The van der Waals surface area contributed by atoms with Crippen molar-refractivity contribution in [1.82, 2.24) is 4.90 Å². The zero-order valence-corrected chi connectivity index (χ0v) is 24.2. The molecule has 5 rings (SSSR count). The molecule has 2 aromatic carbocycles. The number of nitrogens with zero attached hydrogens (tertiary/aromatic N) is 2. The molecule has 0 aliphatic carbocycles. The van der Waals surface area contributed by atoms with Crippen LogP contribution in [-0.4, -0.2) is 56.0 Å². The third-order valence-electron chi connectivity index (χ3n) is 8.32. The molecule has 9 heteroatoms. The molecule has 3 aliphatic rings. The number of amides is 2. The Hall–Kier alpha value is -1.82. The molecule has 192 valence electrons. The molecular formula is C27H32FIN2O4Si. The Labute approximate surface area is 226 Å². The highest BCUT2D eigenvalue weighted by Gasteiger charge is 2.66. The van der Waals surface area contributed by atoms with E-state index in [2.05, 4.69) is 22.6 Å². The first-order valence-electron chi connectivity index (χ1n) is 12.4. The second-order valence-corrected chi connectivity index (χ2v) is 15.9. The number of anilines is 1. The van der Waals surface area contributed by atoms with E-state index in [9.17, 15) is 14.7 Å². The van der Waals surface area contributed by atoms with E-state index in [0.717, 1.165) is 25.9 Å². The van der Waals surface area contributed by atoms with Crippen LogP contribution in [0.15, 0.2) is 42.5 Å². The molecule has 1 fully saturated rings. The highest BCUT2D eigenvalue weighted by molar-refractivity contribution is 14.1. The van der Waals surface area contributed by atoms with E-state index in [-0.39, 0.29) is 30.9 Å². The van der Waals surface area contributed by atoms with Crippen molar-refractivity contribution in [3.8, 4) is 0 Å². The minimum atomic E-state index is -3.35. The minimum absolute atomic E-state index is 0.0218. The summed E-state index contributed by atoms with van der Waals surface area (Å²) >= 11 is 2.21. The molecule has 0 bridgehead atoms. The van der Waals surface area contributed by atoms with Crippen LogP contribution in [0.2, 0.25) is 18.6 Å². The Morgan fingerprint density at radius 1 is 1.25 bits per heavy atom. The van der Waals surface area contributed by atoms with Gasteiger partial charge in [0, 0.05) is 34.2 Å². The van der Waals surface area contributed by atoms with Gasteiger partial charge in [0.25, 0.3) is 5.91 Å². The molecule has 3 heterocycles. The van der Waals surface area contributed by atoms with Crippen LogP contribution >= 0.6 is 22.6 Å². The zero-order valence-electron chi connectivity index (χ0n) is 21.0. The Kier molecular flexibility index (Phi) is 6.58. The fourth-order valence-electron chi connectivity index (χ4n) is 6.66. The van der Waals surface area contributed by atoms with E-state index >= 15 is 4.11 Å². The molecular weight excluding hydrogens is 590 g/mol. The third-order valence-corrected chi connectivity index (χ3v) is 11.4. The lowest BCUT2D eigenvalue weighted by atomic mass is 9.82. The van der Waals surface area contributed by atoms with Crippen molar-refractivity contribution in [2.75, 3.05) is 18.6 Å². The summed E-state index contributed by atoms with van der Waals surface area (Å²) in [5.41, 5.74) is 1.87. The number of halogens is 2. The van der Waals surface area contributed by atoms with E-state index in [1.54, 1.807) is 29.9 Å². The summed E-state index contributed by atoms with van der Waals surface area (Å²) in [4.78, 5) is 30.7. The average Bonchev–Trinajstić information content (AvgIpc) is 3.24. The largest absolute Gasteiger partial charge is 0.394 e. The van der Waals surface area contributed by atoms with Crippen LogP contribution in [0.25, 0.3) is 0 Å². The van der Waals surface area contributed by atoms with Gasteiger partial charge >= 0.3 is 0 Å². The normalized spacial score (nSPS) is 29.6. The molecule has 0 aromatic heterocycles. The average molecular weight is 623 g/mol. The summed E-state index contributed by atoms with van der Waals surface area (Å²) in [6.07, 6.45) is -0.171. The van der Waals surface area contributed by atoms with E-state index in [1.807, 2.05) is 49.4 Å². The summed E-state index contributed by atoms with van der Waals surface area (Å²) in [5, 5.41) is 10.1. The second kappa shape index (κ2) is 9.18. The van der Waals surface area contributed by atoms with E-state index in [4.69, 9.17) is 4.74 Å². The van der Waals surface area contributed by atoms with Crippen molar-refractivity contribution in [1.29, 1.82) is 0 Å². The van der Waals surface area contributed by atoms with Crippen molar-refractivity contribution >= 4 is 48.5 Å². The van der Waals surface area contributed by atoms with E-state index in [1.165, 1.54) is 0 Å². The van der Waals surface area contributed by atoms with Crippen LogP contribution in [0.4, 0.5) is 9.80 Å². The topological polar surface area (TPSA) is 70.1 Å². The van der Waals surface area contributed by atoms with E-state index < -0.39 is 31.6 Å². The Bertz CT molecular complexity index is 1220. The molecule has 0 unspecified atom stereocenters. The SMILES string of the molecule is C[C@@H]1[C@@H]([Si](C)(C)F)[C@H](CC(=O)N2Cc3ccccc3C[C@H]2CO)O[C@@]12C(=O)N(C)c1ccc(I)cc12. The number of rotatable bonds is 4. The first-order valence-corrected chi connectivity index (χ1v) is 16.4. The number of aliphatic hydroxyl groups is 1. The molecule has 1 spiro atoms. The molecule has 3 aliphatic heterocycles. The molecule has 0 saturated carbocycles. The molecule has 2 amide bonds. The van der Waals surface area contributed by atoms with Gasteiger partial charge in [-0.25, -0.2) is 0 Å². The van der Waals surface area contributed by atoms with Crippen LogP contribution in [0, 0.1) is 9.49 Å². The highest BCUT2D eigenvalue weighted by Crippen LogP contribution is 2.60. The number of carbonyl (C=O) groups excluding carboxylic acids is 2. The van der Waals surface area contributed by atoms with Crippen LogP contribution in [0.3, 0.4) is 0 Å². The predicted octanol–water partition coefficient (Wildman–Crippen LogP) is 4.38. The van der Waals surface area contributed by atoms with Gasteiger partial charge in [-0.3, -0.25) is 9.59 Å². The van der Waals surface area contributed by atoms with Gasteiger partial charge in [-0.15, -0.1) is 0 Å². The summed E-state index contributed by atoms with van der Waals surface area (Å²) in [7, 11) is -1.62. The predicted molar refractivity (Wildman–Crippen MR) is 147 cm³/mol. The van der Waals surface area contributed by atoms with Crippen molar-refractivity contribution in [2.24, 2.45) is 5.92 Å². The van der Waals surface area contributed by atoms with Gasteiger partial charge in [0.15, 0.2) is 5.60 Å². The highest BCUT2D eigenvalue weighted by atomic mass is 127. The van der Waals surface area contributed by atoms with Gasteiger partial charge in [0.2, 0.25) is 14.3 Å². The second-order valence-electron chi connectivity index (χ2n) is 10.8. The van der Waals surface area contributed by atoms with Crippen molar-refractivity contribution in [3.63, 3.8) is 0 Å². The molecule has 6 nitrogen and oxygen atoms in total. The Morgan fingerprint density at radius 3 is 2.61 bits per heavy atom. The molecule has 1 N–H and O–H groups in total. The van der Waals surface area contributed by atoms with Gasteiger partial charge in [0.1, 0.15) is 0 Å². The van der Waals surface area contributed by atoms with Crippen LogP contribution < -0.4 is 4.90 Å². The van der Waals surface area contributed by atoms with E-state index in [0.29, 0.717) is 13.0 Å². The molecule has 2 aromatic rings. The van der Waals surface area contributed by atoms with Crippen LogP contribution in [-0.2, 0) is 32.9 Å². The third kappa shape index (κ3) is 3.93. The number of benzene rings is 2. The quantitative estimate of drug-likeness (QED) is 0.313. The van der Waals surface area contributed by atoms with Crippen molar-refractivity contribution < 1.29 is 23.5 Å². The van der Waals surface area contributed by atoms with Gasteiger partial charge in [-0.1, -0.05) is 31.2 Å². The maximum atomic E-state index is 15.9. The van der Waals surface area contributed by atoms with Gasteiger partial charge in [0.05, 0.1) is 30.9 Å². The molecule has 1 saturated heterocycles. The fraction of sp³-hybridized carbons (Fsp3) is 0.481. The minimum Gasteiger partial charge on any atom is -0.394 e. The van der Waals surface area contributed by atoms with Gasteiger partial charge in [-0.2, -0.15) is 0 Å². The van der Waals surface area contributed by atoms with Crippen molar-refractivity contribution in [3.05, 3.63) is 62.7 Å². The first-order chi connectivity index (χ1) is 17.0. The first kappa shape index (κ1) is 25.8. The summed E-state index contributed by atoms with van der Waals surface area (Å²) in [6, 6.07) is 13.4. The number of likely N-dealkylation sites (N-methyl/N-ethyl adjacent to an activating group) is 1. The number of hydrogen-bond donors (Lipinski definition) is 1. The smallest absolute Gasteiger partial charge is 0.264 e. The lowest BCUT2D eigenvalue weighted by Crippen LogP contribution is -2.48. The lowest BCUT2D eigenvalue weighted by molar-refractivity contribution is -0.150. The number of hydrogen-bond acceptors (Lipinski definition) is 4. The van der Waals surface area contributed by atoms with Gasteiger partial charge in [-0.05, 0) is 71.4 Å². The zero-order chi connectivity index (χ0) is 26.0. The Morgan fingerprint density at radius 2 is 1.94 bits per heavy atom. The van der Waals surface area contributed by atoms with Crippen LogP contribution in [0.1, 0.15) is 30.0 Å². The van der Waals surface area contributed by atoms with Crippen LogP contribution in [0.5, 0.6) is 0 Å². The van der Waals surface area contributed by atoms with Crippen molar-refractivity contribution in [2.45, 2.75) is 62.7 Å². The number of fused-ring (bicyclic) bond motifs is 3. The number of carbonyl (C=O) groups is 2. The summed E-state index contributed by atoms with van der Waals surface area (Å²) in [5.74, 6) is -0.805. The molecule has 0 radical (unpaired) electrons. The number of aliphatic hydroxyl groups excluding tert-OH is 1. The molecule has 36 heavy (non-hydrogen) atoms. The fourth-order valence-corrected chi connectivity index (χ4v) is 9.64. The lowest BCUT2D eigenvalue weighted by Gasteiger charge is -2.37.